The number of amides is 1. The fraction of sp³-hybridized carbons (Fsp3) is 0.381. The molecule has 3 heterocycles. The standard InChI is InChI=1S/C21H24N4O2/c1-4-25-19-11-14(10-13(2)17(19)12-23-25)18-8-7-16(21(24-18)27-3)15-6-5-9-22-20(15)26/h7-8,10-12,15H,4-6,9H2,1-3H3,(H,22,26). The lowest BCUT2D eigenvalue weighted by atomic mass is 9.91. The molecule has 1 saturated heterocycles. The van der Waals surface area contributed by atoms with Crippen molar-refractivity contribution in [1.82, 2.24) is 20.1 Å². The van der Waals surface area contributed by atoms with Crippen molar-refractivity contribution in [3.63, 3.8) is 0 Å². The van der Waals surface area contributed by atoms with Gasteiger partial charge in [0.05, 0.1) is 30.4 Å². The van der Waals surface area contributed by atoms with Crippen LogP contribution in [0.5, 0.6) is 5.88 Å². The zero-order valence-corrected chi connectivity index (χ0v) is 16.0. The van der Waals surface area contributed by atoms with E-state index in [1.807, 2.05) is 23.0 Å². The van der Waals surface area contributed by atoms with Crippen LogP contribution in [0.2, 0.25) is 0 Å². The summed E-state index contributed by atoms with van der Waals surface area (Å²) in [5.41, 5.74) is 4.98. The number of fused-ring (bicyclic) bond motifs is 1. The fourth-order valence-electron chi connectivity index (χ4n) is 3.86. The van der Waals surface area contributed by atoms with Crippen LogP contribution in [-0.2, 0) is 11.3 Å². The monoisotopic (exact) mass is 364 g/mol. The molecule has 27 heavy (non-hydrogen) atoms. The van der Waals surface area contributed by atoms with E-state index in [0.29, 0.717) is 5.88 Å². The van der Waals surface area contributed by atoms with Crippen LogP contribution in [0.1, 0.15) is 36.8 Å². The van der Waals surface area contributed by atoms with Gasteiger partial charge in [-0.15, -0.1) is 0 Å². The highest BCUT2D eigenvalue weighted by Gasteiger charge is 2.27. The van der Waals surface area contributed by atoms with Crippen LogP contribution in [0.3, 0.4) is 0 Å². The van der Waals surface area contributed by atoms with Crippen LogP contribution in [0, 0.1) is 6.92 Å². The quantitative estimate of drug-likeness (QED) is 0.770. The van der Waals surface area contributed by atoms with Crippen molar-refractivity contribution in [1.29, 1.82) is 0 Å². The van der Waals surface area contributed by atoms with Gasteiger partial charge in [0.1, 0.15) is 0 Å². The SMILES string of the molecule is CCn1ncc2c(C)cc(-c3ccc(C4CCCNC4=O)c(OC)n3)cc21. The summed E-state index contributed by atoms with van der Waals surface area (Å²) in [6.45, 7) is 5.73. The molecular weight excluding hydrogens is 340 g/mol. The first kappa shape index (κ1) is 17.5. The second-order valence-electron chi connectivity index (χ2n) is 6.97. The van der Waals surface area contributed by atoms with E-state index in [4.69, 9.17) is 9.72 Å². The highest BCUT2D eigenvalue weighted by atomic mass is 16.5. The van der Waals surface area contributed by atoms with Crippen molar-refractivity contribution in [2.75, 3.05) is 13.7 Å². The van der Waals surface area contributed by atoms with Crippen molar-refractivity contribution >= 4 is 16.8 Å². The maximum Gasteiger partial charge on any atom is 0.227 e. The van der Waals surface area contributed by atoms with E-state index < -0.39 is 0 Å². The van der Waals surface area contributed by atoms with Crippen molar-refractivity contribution < 1.29 is 9.53 Å². The summed E-state index contributed by atoms with van der Waals surface area (Å²) in [7, 11) is 1.61. The number of nitrogens with one attached hydrogen (secondary N) is 1. The van der Waals surface area contributed by atoms with Crippen LogP contribution < -0.4 is 10.1 Å². The normalized spacial score (nSPS) is 17.1. The summed E-state index contributed by atoms with van der Waals surface area (Å²) >= 11 is 0. The Bertz CT molecular complexity index is 1010. The van der Waals surface area contributed by atoms with Crippen LogP contribution in [0.15, 0.2) is 30.5 Å². The minimum absolute atomic E-state index is 0.0539. The summed E-state index contributed by atoms with van der Waals surface area (Å²) in [5, 5.41) is 8.54. The molecule has 6 nitrogen and oxygen atoms in total. The Labute approximate surface area is 158 Å². The largest absolute Gasteiger partial charge is 0.481 e. The molecule has 1 amide bonds. The van der Waals surface area contributed by atoms with Gasteiger partial charge in [-0.05, 0) is 50.5 Å². The van der Waals surface area contributed by atoms with E-state index in [1.54, 1.807) is 7.11 Å². The Balaban J connectivity index is 1.78. The molecule has 0 bridgehead atoms. The Morgan fingerprint density at radius 2 is 2.19 bits per heavy atom. The average molecular weight is 364 g/mol. The van der Waals surface area contributed by atoms with E-state index in [1.165, 1.54) is 5.56 Å². The van der Waals surface area contributed by atoms with E-state index in [2.05, 4.69) is 36.4 Å². The smallest absolute Gasteiger partial charge is 0.227 e. The predicted molar refractivity (Wildman–Crippen MR) is 105 cm³/mol. The molecule has 0 radical (unpaired) electrons. The van der Waals surface area contributed by atoms with Crippen LogP contribution in [0.4, 0.5) is 0 Å². The molecule has 6 heteroatoms. The van der Waals surface area contributed by atoms with Gasteiger partial charge >= 0.3 is 0 Å². The first-order valence-corrected chi connectivity index (χ1v) is 9.41. The minimum atomic E-state index is -0.194. The molecule has 1 aliphatic heterocycles. The molecule has 2 aromatic heterocycles. The topological polar surface area (TPSA) is 69.0 Å². The number of pyridine rings is 1. The molecule has 140 valence electrons. The number of methoxy groups -OCH3 is 1. The lowest BCUT2D eigenvalue weighted by molar-refractivity contribution is -0.123. The number of rotatable bonds is 4. The van der Waals surface area contributed by atoms with Crippen molar-refractivity contribution in [2.45, 2.75) is 39.2 Å². The van der Waals surface area contributed by atoms with Crippen molar-refractivity contribution in [3.05, 3.63) is 41.6 Å². The van der Waals surface area contributed by atoms with E-state index in [0.717, 1.165) is 53.7 Å². The van der Waals surface area contributed by atoms with Gasteiger partial charge < -0.3 is 10.1 Å². The Morgan fingerprint density at radius 3 is 2.93 bits per heavy atom. The Kier molecular flexibility index (Phi) is 4.56. The molecule has 1 N–H and O–H groups in total. The van der Waals surface area contributed by atoms with Crippen molar-refractivity contribution in [2.24, 2.45) is 0 Å². The number of hydrogen-bond acceptors (Lipinski definition) is 4. The Hall–Kier alpha value is -2.89. The summed E-state index contributed by atoms with van der Waals surface area (Å²) in [4.78, 5) is 17.0. The number of nitrogens with zero attached hydrogens (tertiary/aromatic N) is 3. The number of benzene rings is 1. The van der Waals surface area contributed by atoms with Gasteiger partial charge in [-0.1, -0.05) is 6.07 Å². The van der Waals surface area contributed by atoms with E-state index in [-0.39, 0.29) is 11.8 Å². The minimum Gasteiger partial charge on any atom is -0.481 e. The summed E-state index contributed by atoms with van der Waals surface area (Å²) in [6.07, 6.45) is 3.71. The Morgan fingerprint density at radius 1 is 1.33 bits per heavy atom. The molecule has 1 atom stereocenters. The fourth-order valence-corrected chi connectivity index (χ4v) is 3.86. The van der Waals surface area contributed by atoms with Gasteiger partial charge in [0.2, 0.25) is 11.8 Å². The van der Waals surface area contributed by atoms with Crippen LogP contribution in [-0.4, -0.2) is 34.3 Å². The average Bonchev–Trinajstić information content (AvgIpc) is 3.11. The zero-order valence-electron chi connectivity index (χ0n) is 16.0. The molecule has 1 unspecified atom stereocenters. The number of hydrogen-bond donors (Lipinski definition) is 1. The lowest BCUT2D eigenvalue weighted by Gasteiger charge is -2.23. The number of ether oxygens (including phenoxy) is 1. The number of piperidine rings is 1. The summed E-state index contributed by atoms with van der Waals surface area (Å²) in [5.74, 6) is 0.385. The molecule has 1 fully saturated rings. The molecule has 0 aliphatic carbocycles. The molecule has 1 aliphatic rings. The number of carbonyl (C=O) groups is 1. The second kappa shape index (κ2) is 7.02. The van der Waals surface area contributed by atoms with Gasteiger partial charge in [-0.3, -0.25) is 9.48 Å². The second-order valence-corrected chi connectivity index (χ2v) is 6.97. The van der Waals surface area contributed by atoms with Gasteiger partial charge in [0.25, 0.3) is 0 Å². The number of carbonyl (C=O) groups excluding carboxylic acids is 1. The highest BCUT2D eigenvalue weighted by Crippen LogP contribution is 2.34. The number of aryl methyl sites for hydroxylation is 2. The summed E-state index contributed by atoms with van der Waals surface area (Å²) in [6, 6.07) is 8.20. The molecule has 3 aromatic rings. The maximum atomic E-state index is 12.2. The highest BCUT2D eigenvalue weighted by molar-refractivity contribution is 5.87. The molecule has 4 rings (SSSR count). The molecule has 0 spiro atoms. The molecule has 1 aromatic carbocycles. The zero-order chi connectivity index (χ0) is 19.0. The van der Waals surface area contributed by atoms with Crippen LogP contribution in [0.25, 0.3) is 22.2 Å². The lowest BCUT2D eigenvalue weighted by Crippen LogP contribution is -2.35. The first-order chi connectivity index (χ1) is 13.1. The van der Waals surface area contributed by atoms with E-state index in [9.17, 15) is 4.79 Å². The summed E-state index contributed by atoms with van der Waals surface area (Å²) < 4.78 is 7.54. The molecule has 0 saturated carbocycles. The predicted octanol–water partition coefficient (Wildman–Crippen LogP) is 3.43. The van der Waals surface area contributed by atoms with E-state index >= 15 is 0 Å². The first-order valence-electron chi connectivity index (χ1n) is 9.41. The third-order valence-electron chi connectivity index (χ3n) is 5.31. The van der Waals surface area contributed by atoms with Gasteiger partial charge in [-0.2, -0.15) is 5.10 Å². The molecular formula is C21H24N4O2. The third kappa shape index (κ3) is 3.05. The maximum absolute atomic E-state index is 12.2. The van der Waals surface area contributed by atoms with Crippen LogP contribution >= 0.6 is 0 Å². The van der Waals surface area contributed by atoms with Gasteiger partial charge in [0, 0.05) is 29.6 Å². The number of aromatic nitrogens is 3. The third-order valence-corrected chi connectivity index (χ3v) is 5.31. The van der Waals surface area contributed by atoms with Crippen molar-refractivity contribution in [3.8, 4) is 17.1 Å². The van der Waals surface area contributed by atoms with Gasteiger partial charge in [0.15, 0.2) is 0 Å². The van der Waals surface area contributed by atoms with Gasteiger partial charge in [-0.25, -0.2) is 4.98 Å².